The Morgan fingerprint density at radius 3 is 2.24 bits per heavy atom. The summed E-state index contributed by atoms with van der Waals surface area (Å²) in [6, 6.07) is 6.87. The first-order valence-electron chi connectivity index (χ1n) is 12.2. The molecule has 210 valence electrons. The molecule has 2 amide bonds. The summed E-state index contributed by atoms with van der Waals surface area (Å²) >= 11 is 12.2. The number of hydrogen-bond acceptors (Lipinski definition) is 4. The van der Waals surface area contributed by atoms with E-state index in [1.807, 2.05) is 13.8 Å². The zero-order valence-corrected chi connectivity index (χ0v) is 24.1. The number of amides is 2. The lowest BCUT2D eigenvalue weighted by Crippen LogP contribution is -2.50. The molecule has 2 aromatic rings. The van der Waals surface area contributed by atoms with Crippen LogP contribution in [0, 0.1) is 11.6 Å². The molecule has 38 heavy (non-hydrogen) atoms. The Morgan fingerprint density at radius 2 is 1.68 bits per heavy atom. The molecule has 0 bridgehead atoms. The number of nitrogens with zero attached hydrogens (tertiary/aromatic N) is 2. The first-order chi connectivity index (χ1) is 17.8. The average molecular weight is 593 g/mol. The van der Waals surface area contributed by atoms with Gasteiger partial charge in [-0.2, -0.15) is 0 Å². The normalized spacial score (nSPS) is 13.1. The van der Waals surface area contributed by atoms with Gasteiger partial charge in [0.25, 0.3) is 0 Å². The van der Waals surface area contributed by atoms with Crippen LogP contribution in [0.2, 0.25) is 10.0 Å². The minimum absolute atomic E-state index is 0.0501. The van der Waals surface area contributed by atoms with E-state index in [0.29, 0.717) is 28.5 Å². The highest BCUT2D eigenvalue weighted by atomic mass is 35.5. The number of hydrogen-bond donors (Lipinski definition) is 1. The minimum Gasteiger partial charge on any atom is -0.352 e. The van der Waals surface area contributed by atoms with Gasteiger partial charge in [0.1, 0.15) is 6.04 Å². The van der Waals surface area contributed by atoms with Crippen LogP contribution < -0.4 is 9.62 Å². The van der Waals surface area contributed by atoms with Crippen LogP contribution in [-0.4, -0.2) is 50.0 Å². The van der Waals surface area contributed by atoms with Crippen molar-refractivity contribution in [2.45, 2.75) is 65.1 Å². The first-order valence-corrected chi connectivity index (χ1v) is 14.8. The van der Waals surface area contributed by atoms with Gasteiger partial charge in [-0.05, 0) is 56.0 Å². The zero-order chi connectivity index (χ0) is 28.6. The summed E-state index contributed by atoms with van der Waals surface area (Å²) in [5.74, 6) is -2.95. The summed E-state index contributed by atoms with van der Waals surface area (Å²) in [5, 5.41) is 3.58. The molecule has 0 heterocycles. The smallest absolute Gasteiger partial charge is 0.243 e. The second kappa shape index (κ2) is 14.1. The molecule has 2 aromatic carbocycles. The van der Waals surface area contributed by atoms with E-state index in [1.54, 1.807) is 25.1 Å². The van der Waals surface area contributed by atoms with Crippen molar-refractivity contribution >= 4 is 50.7 Å². The number of carbonyl (C=O) groups excluding carboxylic acids is 2. The van der Waals surface area contributed by atoms with Crippen molar-refractivity contribution in [1.82, 2.24) is 10.2 Å². The lowest BCUT2D eigenvalue weighted by Gasteiger charge is -2.32. The van der Waals surface area contributed by atoms with Gasteiger partial charge in [-0.1, -0.05) is 43.1 Å². The molecule has 0 saturated heterocycles. The van der Waals surface area contributed by atoms with Gasteiger partial charge >= 0.3 is 0 Å². The third-order valence-corrected chi connectivity index (χ3v) is 8.00. The fourth-order valence-corrected chi connectivity index (χ4v) is 5.12. The molecule has 0 unspecified atom stereocenters. The number of benzene rings is 2. The van der Waals surface area contributed by atoms with Crippen LogP contribution in [-0.2, 0) is 26.2 Å². The molecule has 2 rings (SSSR count). The highest BCUT2D eigenvalue weighted by molar-refractivity contribution is 7.92. The zero-order valence-electron chi connectivity index (χ0n) is 21.8. The standard InChI is InChI=1S/C26H33Cl2F2N3O4S/c1-5-17(3)31-26(35)24(6-2)32(16-18-9-11-20(27)21(28)14-18)25(34)8-7-13-33(38(4,36)37)19-10-12-22(29)23(30)15-19/h9-12,14-15,17,24H,5-8,13,16H2,1-4H3,(H,31,35)/t17-,24+/m0/s1. The Bertz CT molecular complexity index is 1250. The van der Waals surface area contributed by atoms with E-state index in [9.17, 15) is 26.8 Å². The van der Waals surface area contributed by atoms with Gasteiger partial charge in [0, 0.05) is 31.6 Å². The molecule has 12 heteroatoms. The maximum atomic E-state index is 13.8. The third-order valence-electron chi connectivity index (χ3n) is 6.07. The molecule has 0 radical (unpaired) electrons. The van der Waals surface area contributed by atoms with Crippen LogP contribution in [0.1, 0.15) is 52.0 Å². The van der Waals surface area contributed by atoms with Crippen molar-refractivity contribution in [1.29, 1.82) is 0 Å². The van der Waals surface area contributed by atoms with E-state index in [1.165, 1.54) is 4.90 Å². The lowest BCUT2D eigenvalue weighted by molar-refractivity contribution is -0.141. The number of sulfonamides is 1. The van der Waals surface area contributed by atoms with Crippen LogP contribution >= 0.6 is 23.2 Å². The number of carbonyl (C=O) groups is 2. The molecule has 0 spiro atoms. The van der Waals surface area contributed by atoms with E-state index in [-0.39, 0.29) is 49.5 Å². The Labute approximate surface area is 233 Å². The molecular weight excluding hydrogens is 559 g/mol. The summed E-state index contributed by atoms with van der Waals surface area (Å²) in [6.45, 7) is 5.54. The Hall–Kier alpha value is -2.43. The second-order valence-electron chi connectivity index (χ2n) is 9.05. The average Bonchev–Trinajstić information content (AvgIpc) is 2.84. The molecular formula is C26H33Cl2F2N3O4S. The van der Waals surface area contributed by atoms with Crippen molar-refractivity contribution in [3.63, 3.8) is 0 Å². The molecule has 2 atom stereocenters. The van der Waals surface area contributed by atoms with E-state index < -0.39 is 27.7 Å². The summed E-state index contributed by atoms with van der Waals surface area (Å²) in [5.41, 5.74) is 0.618. The molecule has 0 fully saturated rings. The first kappa shape index (κ1) is 31.8. The van der Waals surface area contributed by atoms with Gasteiger partial charge in [-0.25, -0.2) is 17.2 Å². The Morgan fingerprint density at radius 1 is 1.00 bits per heavy atom. The van der Waals surface area contributed by atoms with E-state index >= 15 is 0 Å². The summed E-state index contributed by atoms with van der Waals surface area (Å²) in [7, 11) is -3.85. The monoisotopic (exact) mass is 591 g/mol. The maximum Gasteiger partial charge on any atom is 0.243 e. The van der Waals surface area contributed by atoms with E-state index in [4.69, 9.17) is 23.2 Å². The van der Waals surface area contributed by atoms with Crippen molar-refractivity contribution in [3.05, 3.63) is 63.6 Å². The summed E-state index contributed by atoms with van der Waals surface area (Å²) in [6.07, 6.45) is 1.99. The van der Waals surface area contributed by atoms with E-state index in [0.717, 1.165) is 28.8 Å². The van der Waals surface area contributed by atoms with Crippen molar-refractivity contribution in [2.75, 3.05) is 17.1 Å². The van der Waals surface area contributed by atoms with Gasteiger partial charge < -0.3 is 10.2 Å². The number of nitrogens with one attached hydrogen (secondary N) is 1. The minimum atomic E-state index is -3.85. The summed E-state index contributed by atoms with van der Waals surface area (Å²) in [4.78, 5) is 27.9. The number of rotatable bonds is 13. The SMILES string of the molecule is CC[C@H](C(=O)N[C@@H](C)CC)N(Cc1ccc(Cl)c(Cl)c1)C(=O)CCCN(c1ccc(F)c(F)c1)S(C)(=O)=O. The van der Waals surface area contributed by atoms with Crippen LogP contribution in [0.3, 0.4) is 0 Å². The predicted molar refractivity (Wildman–Crippen MR) is 147 cm³/mol. The topological polar surface area (TPSA) is 86.8 Å². The predicted octanol–water partition coefficient (Wildman–Crippen LogP) is 5.54. The Kier molecular flexibility index (Phi) is 11.8. The van der Waals surface area contributed by atoms with Gasteiger partial charge in [-0.15, -0.1) is 0 Å². The largest absolute Gasteiger partial charge is 0.352 e. The lowest BCUT2D eigenvalue weighted by atomic mass is 10.1. The van der Waals surface area contributed by atoms with Crippen LogP contribution in [0.15, 0.2) is 36.4 Å². The highest BCUT2D eigenvalue weighted by Gasteiger charge is 2.29. The summed E-state index contributed by atoms with van der Waals surface area (Å²) < 4.78 is 52.7. The molecule has 1 N–H and O–H groups in total. The number of anilines is 1. The van der Waals surface area contributed by atoms with Gasteiger partial charge in [0.15, 0.2) is 11.6 Å². The second-order valence-corrected chi connectivity index (χ2v) is 11.8. The van der Waals surface area contributed by atoms with Crippen LogP contribution in [0.25, 0.3) is 0 Å². The fraction of sp³-hybridized carbons (Fsp3) is 0.462. The molecule has 0 aromatic heterocycles. The van der Waals surface area contributed by atoms with E-state index in [2.05, 4.69) is 5.32 Å². The molecule has 0 saturated carbocycles. The fourth-order valence-electron chi connectivity index (χ4n) is 3.84. The molecule has 0 aliphatic heterocycles. The third kappa shape index (κ3) is 8.81. The van der Waals surface area contributed by atoms with Crippen molar-refractivity contribution < 1.29 is 26.8 Å². The number of halogens is 4. The van der Waals surface area contributed by atoms with Crippen molar-refractivity contribution in [3.8, 4) is 0 Å². The van der Waals surface area contributed by atoms with Gasteiger partial charge in [-0.3, -0.25) is 13.9 Å². The van der Waals surface area contributed by atoms with Crippen molar-refractivity contribution in [2.24, 2.45) is 0 Å². The molecule has 0 aliphatic rings. The van der Waals surface area contributed by atoms with Crippen LogP contribution in [0.5, 0.6) is 0 Å². The van der Waals surface area contributed by atoms with Gasteiger partial charge in [0.2, 0.25) is 21.8 Å². The molecule has 0 aliphatic carbocycles. The Balaban J connectivity index is 2.27. The molecule has 7 nitrogen and oxygen atoms in total. The quantitative estimate of drug-likeness (QED) is 0.331. The van der Waals surface area contributed by atoms with Crippen LogP contribution in [0.4, 0.5) is 14.5 Å². The maximum absolute atomic E-state index is 13.8. The van der Waals surface area contributed by atoms with Gasteiger partial charge in [0.05, 0.1) is 22.0 Å². The highest BCUT2D eigenvalue weighted by Crippen LogP contribution is 2.25.